The maximum atomic E-state index is 12.1. The standard InChI is InChI=1S/C20H24N2O3S/c1-2-15-3-8-17(9-4-15)21-20(23)14-7-16-5-12-19(13-6-16)26(24,25)22-18-10-11-18/h3-6,8-9,12-13,18,22H,2,7,10-11,14H2,1H3,(H,21,23). The van der Waals surface area contributed by atoms with E-state index in [1.54, 1.807) is 24.3 Å². The highest BCUT2D eigenvalue weighted by Crippen LogP contribution is 2.22. The van der Waals surface area contributed by atoms with Crippen LogP contribution >= 0.6 is 0 Å². The van der Waals surface area contributed by atoms with E-state index in [-0.39, 0.29) is 16.8 Å². The number of rotatable bonds is 8. The van der Waals surface area contributed by atoms with E-state index in [2.05, 4.69) is 17.0 Å². The van der Waals surface area contributed by atoms with Crippen molar-refractivity contribution >= 4 is 21.6 Å². The van der Waals surface area contributed by atoms with Crippen molar-refractivity contribution in [3.05, 3.63) is 59.7 Å². The quantitative estimate of drug-likeness (QED) is 0.747. The molecular formula is C20H24N2O3S. The monoisotopic (exact) mass is 372 g/mol. The van der Waals surface area contributed by atoms with Crippen LogP contribution in [0.2, 0.25) is 0 Å². The first kappa shape index (κ1) is 18.6. The largest absolute Gasteiger partial charge is 0.326 e. The Hall–Kier alpha value is -2.18. The second-order valence-corrected chi connectivity index (χ2v) is 8.35. The number of amides is 1. The third-order valence-electron chi connectivity index (χ3n) is 4.42. The third kappa shape index (κ3) is 5.16. The number of anilines is 1. The summed E-state index contributed by atoms with van der Waals surface area (Å²) in [6.07, 6.45) is 3.70. The first-order chi connectivity index (χ1) is 12.5. The molecule has 1 saturated carbocycles. The van der Waals surface area contributed by atoms with Gasteiger partial charge in [-0.25, -0.2) is 13.1 Å². The van der Waals surface area contributed by atoms with E-state index in [1.165, 1.54) is 5.56 Å². The van der Waals surface area contributed by atoms with Crippen LogP contribution in [0.1, 0.15) is 37.3 Å². The van der Waals surface area contributed by atoms with Crippen LogP contribution < -0.4 is 10.0 Å². The molecule has 5 nitrogen and oxygen atoms in total. The molecule has 0 unspecified atom stereocenters. The van der Waals surface area contributed by atoms with Crippen molar-refractivity contribution in [2.75, 3.05) is 5.32 Å². The van der Waals surface area contributed by atoms with Crippen LogP contribution in [0.5, 0.6) is 0 Å². The van der Waals surface area contributed by atoms with Gasteiger partial charge in [0.25, 0.3) is 0 Å². The molecule has 0 heterocycles. The fourth-order valence-electron chi connectivity index (χ4n) is 2.63. The minimum Gasteiger partial charge on any atom is -0.326 e. The summed E-state index contributed by atoms with van der Waals surface area (Å²) in [6, 6.07) is 14.6. The molecule has 1 amide bonds. The summed E-state index contributed by atoms with van der Waals surface area (Å²) < 4.78 is 26.9. The number of nitrogens with one attached hydrogen (secondary N) is 2. The van der Waals surface area contributed by atoms with Gasteiger partial charge in [0.2, 0.25) is 15.9 Å². The van der Waals surface area contributed by atoms with Crippen LogP contribution in [0.25, 0.3) is 0 Å². The normalized spacial score (nSPS) is 14.2. The zero-order valence-corrected chi connectivity index (χ0v) is 15.7. The molecule has 6 heteroatoms. The van der Waals surface area contributed by atoms with Gasteiger partial charge in [-0.05, 0) is 61.1 Å². The van der Waals surface area contributed by atoms with Gasteiger partial charge < -0.3 is 5.32 Å². The Morgan fingerprint density at radius 1 is 1.00 bits per heavy atom. The van der Waals surface area contributed by atoms with Crippen LogP contribution in [0.4, 0.5) is 5.69 Å². The van der Waals surface area contributed by atoms with Crippen molar-refractivity contribution in [1.29, 1.82) is 0 Å². The highest BCUT2D eigenvalue weighted by atomic mass is 32.2. The molecule has 2 aromatic rings. The van der Waals surface area contributed by atoms with Gasteiger partial charge in [-0.2, -0.15) is 0 Å². The van der Waals surface area contributed by atoms with Crippen molar-refractivity contribution in [2.24, 2.45) is 0 Å². The van der Waals surface area contributed by atoms with Crippen molar-refractivity contribution in [3.63, 3.8) is 0 Å². The lowest BCUT2D eigenvalue weighted by atomic mass is 10.1. The van der Waals surface area contributed by atoms with Gasteiger partial charge in [0.15, 0.2) is 0 Å². The summed E-state index contributed by atoms with van der Waals surface area (Å²) in [4.78, 5) is 12.3. The minimum absolute atomic E-state index is 0.0543. The van der Waals surface area contributed by atoms with E-state index in [1.807, 2.05) is 24.3 Å². The summed E-state index contributed by atoms with van der Waals surface area (Å²) in [6.45, 7) is 2.09. The second kappa shape index (κ2) is 8.01. The molecule has 0 radical (unpaired) electrons. The van der Waals surface area contributed by atoms with Gasteiger partial charge in [-0.15, -0.1) is 0 Å². The average molecular weight is 372 g/mol. The Balaban J connectivity index is 1.51. The fourth-order valence-corrected chi connectivity index (χ4v) is 3.93. The molecule has 138 valence electrons. The number of hydrogen-bond acceptors (Lipinski definition) is 3. The van der Waals surface area contributed by atoms with Gasteiger partial charge in [-0.1, -0.05) is 31.2 Å². The van der Waals surface area contributed by atoms with Crippen molar-refractivity contribution in [3.8, 4) is 0 Å². The summed E-state index contributed by atoms with van der Waals surface area (Å²) >= 11 is 0. The van der Waals surface area contributed by atoms with Crippen molar-refractivity contribution in [2.45, 2.75) is 50.0 Å². The molecule has 1 fully saturated rings. The van der Waals surface area contributed by atoms with Crippen LogP contribution in [-0.4, -0.2) is 20.4 Å². The molecule has 1 aliphatic rings. The van der Waals surface area contributed by atoms with E-state index < -0.39 is 10.0 Å². The van der Waals surface area contributed by atoms with E-state index in [9.17, 15) is 13.2 Å². The molecule has 0 aromatic heterocycles. The summed E-state index contributed by atoms with van der Waals surface area (Å²) in [7, 11) is -3.42. The Bertz CT molecular complexity index is 855. The third-order valence-corrected chi connectivity index (χ3v) is 5.96. The fraction of sp³-hybridized carbons (Fsp3) is 0.350. The molecule has 2 N–H and O–H groups in total. The predicted octanol–water partition coefficient (Wildman–Crippen LogP) is 3.26. The molecule has 0 spiro atoms. The number of carbonyl (C=O) groups is 1. The Labute approximate surface area is 154 Å². The van der Waals surface area contributed by atoms with Crippen LogP contribution in [0.3, 0.4) is 0 Å². The predicted molar refractivity (Wildman–Crippen MR) is 103 cm³/mol. The average Bonchev–Trinajstić information content (AvgIpc) is 3.44. The first-order valence-corrected chi connectivity index (χ1v) is 10.4. The molecular weight excluding hydrogens is 348 g/mol. The highest BCUT2D eigenvalue weighted by Gasteiger charge is 2.27. The first-order valence-electron chi connectivity index (χ1n) is 8.96. The lowest BCUT2D eigenvalue weighted by molar-refractivity contribution is -0.116. The Kier molecular flexibility index (Phi) is 5.74. The van der Waals surface area contributed by atoms with Gasteiger partial charge >= 0.3 is 0 Å². The van der Waals surface area contributed by atoms with Crippen LogP contribution in [0.15, 0.2) is 53.4 Å². The maximum absolute atomic E-state index is 12.1. The number of benzene rings is 2. The van der Waals surface area contributed by atoms with Crippen molar-refractivity contribution < 1.29 is 13.2 Å². The van der Waals surface area contributed by atoms with E-state index in [0.29, 0.717) is 12.8 Å². The van der Waals surface area contributed by atoms with Gasteiger partial charge in [0.1, 0.15) is 0 Å². The highest BCUT2D eigenvalue weighted by molar-refractivity contribution is 7.89. The molecule has 3 rings (SSSR count). The Morgan fingerprint density at radius 3 is 2.19 bits per heavy atom. The van der Waals surface area contributed by atoms with Crippen LogP contribution in [0, 0.1) is 0 Å². The number of aryl methyl sites for hydroxylation is 2. The topological polar surface area (TPSA) is 75.3 Å². The lowest BCUT2D eigenvalue weighted by Crippen LogP contribution is -2.25. The van der Waals surface area contributed by atoms with E-state index >= 15 is 0 Å². The SMILES string of the molecule is CCc1ccc(NC(=O)CCc2ccc(S(=O)(=O)NC3CC3)cc2)cc1. The summed E-state index contributed by atoms with van der Waals surface area (Å²) in [5.74, 6) is -0.0543. The second-order valence-electron chi connectivity index (χ2n) is 6.64. The van der Waals surface area contributed by atoms with Crippen LogP contribution in [-0.2, 0) is 27.7 Å². The number of carbonyl (C=O) groups excluding carboxylic acids is 1. The molecule has 2 aromatic carbocycles. The lowest BCUT2D eigenvalue weighted by Gasteiger charge is -2.08. The van der Waals surface area contributed by atoms with Crippen molar-refractivity contribution in [1.82, 2.24) is 4.72 Å². The number of sulfonamides is 1. The molecule has 1 aliphatic carbocycles. The smallest absolute Gasteiger partial charge is 0.240 e. The number of hydrogen-bond donors (Lipinski definition) is 2. The molecule has 0 bridgehead atoms. The van der Waals surface area contributed by atoms with Gasteiger partial charge in [0.05, 0.1) is 4.90 Å². The van der Waals surface area contributed by atoms with Gasteiger partial charge in [-0.3, -0.25) is 4.79 Å². The minimum atomic E-state index is -3.42. The Morgan fingerprint density at radius 2 is 1.62 bits per heavy atom. The zero-order valence-electron chi connectivity index (χ0n) is 14.9. The zero-order chi connectivity index (χ0) is 18.6. The summed E-state index contributed by atoms with van der Waals surface area (Å²) in [5, 5.41) is 2.88. The maximum Gasteiger partial charge on any atom is 0.240 e. The molecule has 0 saturated heterocycles. The van der Waals surface area contributed by atoms with E-state index in [4.69, 9.17) is 0 Å². The molecule has 0 aliphatic heterocycles. The molecule has 0 atom stereocenters. The summed E-state index contributed by atoms with van der Waals surface area (Å²) in [5.41, 5.74) is 2.96. The van der Waals surface area contributed by atoms with E-state index in [0.717, 1.165) is 30.5 Å². The molecule has 26 heavy (non-hydrogen) atoms. The van der Waals surface area contributed by atoms with Gasteiger partial charge in [0, 0.05) is 18.2 Å².